The van der Waals surface area contributed by atoms with Gasteiger partial charge in [-0.05, 0) is 26.1 Å². The van der Waals surface area contributed by atoms with Crippen molar-refractivity contribution in [2.24, 2.45) is 0 Å². The SMILES string of the molecule is CC(=O)N1CC[C@](O)(c2ccccc2)[C@H](N(C)C)C1. The van der Waals surface area contributed by atoms with Crippen molar-refractivity contribution in [3.05, 3.63) is 35.9 Å². The summed E-state index contributed by atoms with van der Waals surface area (Å²) >= 11 is 0. The second-order valence-electron chi connectivity index (χ2n) is 5.48. The van der Waals surface area contributed by atoms with Crippen LogP contribution in [0, 0.1) is 0 Å². The largest absolute Gasteiger partial charge is 0.383 e. The van der Waals surface area contributed by atoms with Crippen LogP contribution in [-0.2, 0) is 10.4 Å². The summed E-state index contributed by atoms with van der Waals surface area (Å²) in [6, 6.07) is 9.66. The number of hydrogen-bond acceptors (Lipinski definition) is 3. The summed E-state index contributed by atoms with van der Waals surface area (Å²) in [5, 5.41) is 11.1. The van der Waals surface area contributed by atoms with Crippen LogP contribution in [0.5, 0.6) is 0 Å². The number of benzene rings is 1. The average molecular weight is 262 g/mol. The summed E-state index contributed by atoms with van der Waals surface area (Å²) < 4.78 is 0. The first-order chi connectivity index (χ1) is 8.95. The lowest BCUT2D eigenvalue weighted by Crippen LogP contribution is -2.59. The number of likely N-dealkylation sites (N-methyl/N-ethyl adjacent to an activating group) is 1. The number of piperidine rings is 1. The lowest BCUT2D eigenvalue weighted by Gasteiger charge is -2.47. The van der Waals surface area contributed by atoms with Crippen LogP contribution in [0.2, 0.25) is 0 Å². The Labute approximate surface area is 114 Å². The van der Waals surface area contributed by atoms with E-state index in [1.807, 2.05) is 54.2 Å². The second-order valence-corrected chi connectivity index (χ2v) is 5.48. The molecule has 2 rings (SSSR count). The Morgan fingerprint density at radius 2 is 2.00 bits per heavy atom. The first-order valence-electron chi connectivity index (χ1n) is 6.65. The van der Waals surface area contributed by atoms with Crippen LogP contribution in [0.3, 0.4) is 0 Å². The number of likely N-dealkylation sites (tertiary alicyclic amines) is 1. The predicted molar refractivity (Wildman–Crippen MR) is 74.7 cm³/mol. The molecule has 1 amide bonds. The highest BCUT2D eigenvalue weighted by molar-refractivity contribution is 5.73. The van der Waals surface area contributed by atoms with Crippen LogP contribution in [-0.4, -0.2) is 54.0 Å². The highest BCUT2D eigenvalue weighted by atomic mass is 16.3. The van der Waals surface area contributed by atoms with Crippen molar-refractivity contribution in [3.63, 3.8) is 0 Å². The van der Waals surface area contributed by atoms with Crippen molar-refractivity contribution in [1.82, 2.24) is 9.80 Å². The third-order valence-electron chi connectivity index (χ3n) is 4.05. The van der Waals surface area contributed by atoms with Gasteiger partial charge < -0.3 is 14.9 Å². The summed E-state index contributed by atoms with van der Waals surface area (Å²) in [5.41, 5.74) is 0.0355. The van der Waals surface area contributed by atoms with Gasteiger partial charge >= 0.3 is 0 Å². The van der Waals surface area contributed by atoms with E-state index in [1.165, 1.54) is 0 Å². The first-order valence-corrected chi connectivity index (χ1v) is 6.65. The molecule has 0 radical (unpaired) electrons. The topological polar surface area (TPSA) is 43.8 Å². The third kappa shape index (κ3) is 2.65. The highest BCUT2D eigenvalue weighted by Gasteiger charge is 2.44. The number of nitrogens with zero attached hydrogens (tertiary/aromatic N) is 2. The molecule has 4 nitrogen and oxygen atoms in total. The number of aliphatic hydroxyl groups is 1. The van der Waals surface area contributed by atoms with Gasteiger partial charge in [0.1, 0.15) is 5.60 Å². The van der Waals surface area contributed by atoms with E-state index in [1.54, 1.807) is 6.92 Å². The molecule has 104 valence electrons. The molecule has 1 aliphatic rings. The maximum absolute atomic E-state index is 11.5. The first kappa shape index (κ1) is 14.0. The van der Waals surface area contributed by atoms with Crippen LogP contribution in [0.15, 0.2) is 30.3 Å². The molecule has 0 aliphatic carbocycles. The lowest BCUT2D eigenvalue weighted by atomic mass is 9.80. The fraction of sp³-hybridized carbons (Fsp3) is 0.533. The van der Waals surface area contributed by atoms with E-state index in [0.717, 1.165) is 5.56 Å². The summed E-state index contributed by atoms with van der Waals surface area (Å²) in [4.78, 5) is 15.3. The molecule has 0 bridgehead atoms. The van der Waals surface area contributed by atoms with Gasteiger partial charge in [0.2, 0.25) is 5.91 Å². The quantitative estimate of drug-likeness (QED) is 0.866. The fourth-order valence-corrected chi connectivity index (χ4v) is 2.86. The Hall–Kier alpha value is -1.39. The molecule has 0 unspecified atom stereocenters. The molecule has 1 aliphatic heterocycles. The summed E-state index contributed by atoms with van der Waals surface area (Å²) in [5.74, 6) is 0.0713. The predicted octanol–water partition coefficient (Wildman–Crippen LogP) is 1.06. The Balaban J connectivity index is 2.32. The normalized spacial score (nSPS) is 27.6. The average Bonchev–Trinajstić information content (AvgIpc) is 2.39. The number of amides is 1. The van der Waals surface area contributed by atoms with E-state index >= 15 is 0 Å². The van der Waals surface area contributed by atoms with Gasteiger partial charge in [-0.1, -0.05) is 30.3 Å². The van der Waals surface area contributed by atoms with Gasteiger partial charge in [0.25, 0.3) is 0 Å². The van der Waals surface area contributed by atoms with Crippen LogP contribution >= 0.6 is 0 Å². The minimum absolute atomic E-state index is 0.0713. The summed E-state index contributed by atoms with van der Waals surface area (Å²) in [6.45, 7) is 2.75. The maximum Gasteiger partial charge on any atom is 0.219 e. The Morgan fingerprint density at radius 3 is 2.53 bits per heavy atom. The standard InChI is InChI=1S/C15H22N2O2/c1-12(18)17-10-9-15(19,14(11-17)16(2)3)13-7-5-4-6-8-13/h4-8,14,19H,9-11H2,1-3H3/t14-,15+/m1/s1. The molecule has 19 heavy (non-hydrogen) atoms. The van der Waals surface area contributed by atoms with E-state index in [0.29, 0.717) is 19.5 Å². The minimum Gasteiger partial charge on any atom is -0.383 e. The van der Waals surface area contributed by atoms with E-state index in [2.05, 4.69) is 0 Å². The van der Waals surface area contributed by atoms with Gasteiger partial charge in [-0.2, -0.15) is 0 Å². The smallest absolute Gasteiger partial charge is 0.219 e. The molecule has 4 heteroatoms. The van der Waals surface area contributed by atoms with E-state index in [9.17, 15) is 9.90 Å². The monoisotopic (exact) mass is 262 g/mol. The number of carbonyl (C=O) groups excluding carboxylic acids is 1. The van der Waals surface area contributed by atoms with E-state index in [4.69, 9.17) is 0 Å². The van der Waals surface area contributed by atoms with E-state index in [-0.39, 0.29) is 11.9 Å². The fourth-order valence-electron chi connectivity index (χ4n) is 2.86. The Morgan fingerprint density at radius 1 is 1.37 bits per heavy atom. The van der Waals surface area contributed by atoms with Crippen LogP contribution in [0.25, 0.3) is 0 Å². The second kappa shape index (κ2) is 5.31. The molecule has 1 fully saturated rings. The van der Waals surface area contributed by atoms with Crippen LogP contribution in [0.4, 0.5) is 0 Å². The number of rotatable bonds is 2. The highest BCUT2D eigenvalue weighted by Crippen LogP contribution is 2.35. The van der Waals surface area contributed by atoms with Crippen LogP contribution < -0.4 is 0 Å². The molecule has 0 aromatic heterocycles. The van der Waals surface area contributed by atoms with Crippen molar-refractivity contribution in [1.29, 1.82) is 0 Å². The third-order valence-corrected chi connectivity index (χ3v) is 4.05. The summed E-state index contributed by atoms with van der Waals surface area (Å²) in [7, 11) is 3.89. The van der Waals surface area contributed by atoms with Crippen molar-refractivity contribution in [2.45, 2.75) is 25.0 Å². The molecular formula is C15H22N2O2. The minimum atomic E-state index is -0.892. The van der Waals surface area contributed by atoms with Gasteiger partial charge in [0.15, 0.2) is 0 Å². The lowest BCUT2D eigenvalue weighted by molar-refractivity contribution is -0.139. The maximum atomic E-state index is 11.5. The number of hydrogen-bond donors (Lipinski definition) is 1. The van der Waals surface area contributed by atoms with Gasteiger partial charge in [-0.15, -0.1) is 0 Å². The zero-order chi connectivity index (χ0) is 14.0. The van der Waals surface area contributed by atoms with Crippen molar-refractivity contribution in [3.8, 4) is 0 Å². The molecule has 1 heterocycles. The molecule has 1 aromatic carbocycles. The number of carbonyl (C=O) groups is 1. The molecule has 2 atom stereocenters. The zero-order valence-corrected chi connectivity index (χ0v) is 11.8. The van der Waals surface area contributed by atoms with E-state index < -0.39 is 5.60 Å². The van der Waals surface area contributed by atoms with Crippen molar-refractivity contribution in [2.75, 3.05) is 27.2 Å². The molecular weight excluding hydrogens is 240 g/mol. The zero-order valence-electron chi connectivity index (χ0n) is 11.8. The van der Waals surface area contributed by atoms with Gasteiger partial charge in [-0.25, -0.2) is 0 Å². The van der Waals surface area contributed by atoms with Gasteiger partial charge in [-0.3, -0.25) is 4.79 Å². The molecule has 0 saturated carbocycles. The Bertz CT molecular complexity index is 447. The molecule has 1 saturated heterocycles. The summed E-state index contributed by atoms with van der Waals surface area (Å²) in [6.07, 6.45) is 0.569. The van der Waals surface area contributed by atoms with Gasteiger partial charge in [0.05, 0.1) is 6.04 Å². The van der Waals surface area contributed by atoms with Gasteiger partial charge in [0, 0.05) is 20.0 Å². The Kier molecular flexibility index (Phi) is 3.92. The van der Waals surface area contributed by atoms with Crippen LogP contribution in [0.1, 0.15) is 18.9 Å². The molecule has 1 N–H and O–H groups in total. The van der Waals surface area contributed by atoms with Crippen molar-refractivity contribution >= 4 is 5.91 Å². The van der Waals surface area contributed by atoms with Crippen molar-refractivity contribution < 1.29 is 9.90 Å². The molecule has 1 aromatic rings. The molecule has 0 spiro atoms.